The van der Waals surface area contributed by atoms with Crippen molar-refractivity contribution in [3.8, 4) is 0 Å². The molecule has 0 aliphatic heterocycles. The van der Waals surface area contributed by atoms with E-state index in [1.165, 1.54) is 4.88 Å². The number of anilines is 1. The van der Waals surface area contributed by atoms with Gasteiger partial charge in [-0.05, 0) is 20.8 Å². The van der Waals surface area contributed by atoms with Crippen molar-refractivity contribution < 1.29 is 0 Å². The number of aromatic nitrogens is 1. The molecule has 1 atom stereocenters. The van der Waals surface area contributed by atoms with Gasteiger partial charge < -0.3 is 10.6 Å². The van der Waals surface area contributed by atoms with Crippen LogP contribution in [0.25, 0.3) is 0 Å². The summed E-state index contributed by atoms with van der Waals surface area (Å²) in [6, 6.07) is 0.189. The summed E-state index contributed by atoms with van der Waals surface area (Å²) in [5.41, 5.74) is 6.83. The second-order valence-corrected chi connectivity index (χ2v) is 4.68. The SMILES string of the molecule is Cc1nc(N(C)CC(C)N)sc1C. The zero-order chi connectivity index (χ0) is 10.0. The average Bonchev–Trinajstić information content (AvgIpc) is 2.31. The molecule has 0 saturated carbocycles. The van der Waals surface area contributed by atoms with Crippen LogP contribution in [0, 0.1) is 13.8 Å². The van der Waals surface area contributed by atoms with Crippen molar-refractivity contribution in [1.82, 2.24) is 4.98 Å². The van der Waals surface area contributed by atoms with Crippen LogP contribution < -0.4 is 10.6 Å². The Bertz CT molecular complexity index is 261. The first kappa shape index (κ1) is 10.5. The highest BCUT2D eigenvalue weighted by Gasteiger charge is 2.09. The van der Waals surface area contributed by atoms with Gasteiger partial charge >= 0.3 is 0 Å². The first-order valence-corrected chi connectivity index (χ1v) is 5.23. The molecular formula is C9H17N3S. The van der Waals surface area contributed by atoms with Crippen LogP contribution in [0.15, 0.2) is 0 Å². The fourth-order valence-electron chi connectivity index (χ4n) is 1.13. The number of hydrogen-bond donors (Lipinski definition) is 1. The van der Waals surface area contributed by atoms with E-state index in [1.54, 1.807) is 11.3 Å². The summed E-state index contributed by atoms with van der Waals surface area (Å²) in [7, 11) is 2.03. The topological polar surface area (TPSA) is 42.2 Å². The van der Waals surface area contributed by atoms with Gasteiger partial charge in [0.05, 0.1) is 5.69 Å². The molecule has 0 radical (unpaired) electrons. The smallest absolute Gasteiger partial charge is 0.185 e. The molecule has 4 heteroatoms. The van der Waals surface area contributed by atoms with E-state index in [1.807, 2.05) is 20.9 Å². The maximum atomic E-state index is 5.71. The van der Waals surface area contributed by atoms with Crippen LogP contribution in [0.3, 0.4) is 0 Å². The zero-order valence-corrected chi connectivity index (χ0v) is 9.48. The van der Waals surface area contributed by atoms with Gasteiger partial charge in [-0.2, -0.15) is 0 Å². The van der Waals surface area contributed by atoms with Crippen LogP contribution in [0.1, 0.15) is 17.5 Å². The lowest BCUT2D eigenvalue weighted by Crippen LogP contribution is -2.32. The summed E-state index contributed by atoms with van der Waals surface area (Å²) >= 11 is 1.72. The summed E-state index contributed by atoms with van der Waals surface area (Å²) in [5, 5.41) is 1.06. The molecule has 74 valence electrons. The van der Waals surface area contributed by atoms with Gasteiger partial charge in [-0.15, -0.1) is 11.3 Å². The molecule has 1 rings (SSSR count). The predicted octanol–water partition coefficient (Wildman–Crippen LogP) is 1.54. The van der Waals surface area contributed by atoms with Gasteiger partial charge in [-0.3, -0.25) is 0 Å². The molecular weight excluding hydrogens is 182 g/mol. The molecule has 0 aliphatic carbocycles. The van der Waals surface area contributed by atoms with E-state index in [0.29, 0.717) is 0 Å². The van der Waals surface area contributed by atoms with E-state index >= 15 is 0 Å². The number of hydrogen-bond acceptors (Lipinski definition) is 4. The first-order chi connectivity index (χ1) is 6.00. The summed E-state index contributed by atoms with van der Waals surface area (Å²) in [5.74, 6) is 0. The van der Waals surface area contributed by atoms with Crippen LogP contribution in [0.5, 0.6) is 0 Å². The third kappa shape index (κ3) is 2.67. The number of aryl methyl sites for hydroxylation is 2. The van der Waals surface area contributed by atoms with Crippen molar-refractivity contribution in [1.29, 1.82) is 0 Å². The largest absolute Gasteiger partial charge is 0.350 e. The molecule has 2 N–H and O–H groups in total. The zero-order valence-electron chi connectivity index (χ0n) is 8.66. The predicted molar refractivity (Wildman–Crippen MR) is 58.5 cm³/mol. The highest BCUT2D eigenvalue weighted by Crippen LogP contribution is 2.23. The van der Waals surface area contributed by atoms with Crippen LogP contribution in [-0.2, 0) is 0 Å². The van der Waals surface area contributed by atoms with Gasteiger partial charge in [-0.1, -0.05) is 0 Å². The second-order valence-electron chi connectivity index (χ2n) is 3.50. The van der Waals surface area contributed by atoms with E-state index in [4.69, 9.17) is 5.73 Å². The molecule has 0 bridgehead atoms. The fourth-order valence-corrected chi connectivity index (χ4v) is 2.01. The van der Waals surface area contributed by atoms with Gasteiger partial charge in [0.1, 0.15) is 0 Å². The lowest BCUT2D eigenvalue weighted by atomic mass is 10.3. The highest BCUT2D eigenvalue weighted by molar-refractivity contribution is 7.15. The Morgan fingerprint density at radius 3 is 2.54 bits per heavy atom. The van der Waals surface area contributed by atoms with Crippen LogP contribution in [-0.4, -0.2) is 24.6 Å². The van der Waals surface area contributed by atoms with E-state index in [-0.39, 0.29) is 6.04 Å². The number of likely N-dealkylation sites (N-methyl/N-ethyl adjacent to an activating group) is 1. The molecule has 0 fully saturated rings. The minimum Gasteiger partial charge on any atom is -0.350 e. The van der Waals surface area contributed by atoms with Crippen molar-refractivity contribution >= 4 is 16.5 Å². The maximum absolute atomic E-state index is 5.71. The molecule has 13 heavy (non-hydrogen) atoms. The molecule has 1 unspecified atom stereocenters. The molecule has 1 aromatic rings. The lowest BCUT2D eigenvalue weighted by Gasteiger charge is -2.17. The van der Waals surface area contributed by atoms with Crippen molar-refractivity contribution in [2.24, 2.45) is 5.73 Å². The van der Waals surface area contributed by atoms with E-state index < -0.39 is 0 Å². The Balaban J connectivity index is 2.71. The van der Waals surface area contributed by atoms with Gasteiger partial charge in [0.2, 0.25) is 0 Å². The minimum atomic E-state index is 0.189. The molecule has 0 saturated heterocycles. The minimum absolute atomic E-state index is 0.189. The summed E-state index contributed by atoms with van der Waals surface area (Å²) in [4.78, 5) is 7.84. The molecule has 0 spiro atoms. The number of nitrogens with two attached hydrogens (primary N) is 1. The summed E-state index contributed by atoms with van der Waals surface area (Å²) in [6.07, 6.45) is 0. The molecule has 3 nitrogen and oxygen atoms in total. The Hall–Kier alpha value is -0.610. The molecule has 1 heterocycles. The average molecular weight is 199 g/mol. The van der Waals surface area contributed by atoms with E-state index in [0.717, 1.165) is 17.4 Å². The highest BCUT2D eigenvalue weighted by atomic mass is 32.1. The Morgan fingerprint density at radius 2 is 2.15 bits per heavy atom. The van der Waals surface area contributed by atoms with Gasteiger partial charge in [0, 0.05) is 24.5 Å². The number of thiazole rings is 1. The van der Waals surface area contributed by atoms with Gasteiger partial charge in [0.15, 0.2) is 5.13 Å². The molecule has 1 aromatic heterocycles. The first-order valence-electron chi connectivity index (χ1n) is 4.41. The monoisotopic (exact) mass is 199 g/mol. The van der Waals surface area contributed by atoms with Gasteiger partial charge in [0.25, 0.3) is 0 Å². The summed E-state index contributed by atoms with van der Waals surface area (Å²) < 4.78 is 0. The fraction of sp³-hybridized carbons (Fsp3) is 0.667. The van der Waals surface area contributed by atoms with Gasteiger partial charge in [-0.25, -0.2) is 4.98 Å². The van der Waals surface area contributed by atoms with E-state index in [9.17, 15) is 0 Å². The molecule has 0 amide bonds. The van der Waals surface area contributed by atoms with Crippen molar-refractivity contribution in [2.75, 3.05) is 18.5 Å². The third-order valence-electron chi connectivity index (χ3n) is 1.91. The van der Waals surface area contributed by atoms with Crippen LogP contribution in [0.2, 0.25) is 0 Å². The van der Waals surface area contributed by atoms with E-state index in [2.05, 4.69) is 16.8 Å². The van der Waals surface area contributed by atoms with Crippen LogP contribution in [0.4, 0.5) is 5.13 Å². The normalized spacial score (nSPS) is 13.0. The number of nitrogens with zero attached hydrogens (tertiary/aromatic N) is 2. The molecule has 0 aromatic carbocycles. The van der Waals surface area contributed by atoms with Crippen molar-refractivity contribution in [2.45, 2.75) is 26.8 Å². The Labute approximate surface area is 83.6 Å². The molecule has 0 aliphatic rings. The quantitative estimate of drug-likeness (QED) is 0.803. The van der Waals surface area contributed by atoms with Crippen molar-refractivity contribution in [3.63, 3.8) is 0 Å². The Kier molecular flexibility index (Phi) is 3.27. The number of rotatable bonds is 3. The summed E-state index contributed by atoms with van der Waals surface area (Å²) in [6.45, 7) is 6.99. The second kappa shape index (κ2) is 4.07. The maximum Gasteiger partial charge on any atom is 0.185 e. The van der Waals surface area contributed by atoms with Crippen LogP contribution >= 0.6 is 11.3 Å². The standard InChI is InChI=1S/C9H17N3S/c1-6(10)5-12(4)9-11-7(2)8(3)13-9/h6H,5,10H2,1-4H3. The third-order valence-corrected chi connectivity index (χ3v) is 3.09. The van der Waals surface area contributed by atoms with Crippen molar-refractivity contribution in [3.05, 3.63) is 10.6 Å². The lowest BCUT2D eigenvalue weighted by molar-refractivity contribution is 0.716. The Morgan fingerprint density at radius 1 is 1.54 bits per heavy atom.